The van der Waals surface area contributed by atoms with E-state index in [1.807, 2.05) is 6.07 Å². The van der Waals surface area contributed by atoms with E-state index >= 15 is 0 Å². The van der Waals surface area contributed by atoms with E-state index in [4.69, 9.17) is 5.26 Å². The molecule has 0 bridgehead atoms. The molecule has 0 atom stereocenters. The number of amides is 1. The Kier molecular flexibility index (Phi) is 2.74. The lowest BCUT2D eigenvalue weighted by Crippen LogP contribution is -2.13. The molecule has 92 valence electrons. The number of rotatable bonds is 2. The van der Waals surface area contributed by atoms with E-state index in [-0.39, 0.29) is 5.91 Å². The number of nitrogens with one attached hydrogen (secondary N) is 1. The van der Waals surface area contributed by atoms with Gasteiger partial charge in [-0.1, -0.05) is 0 Å². The molecule has 5 nitrogen and oxygen atoms in total. The molecule has 0 spiro atoms. The summed E-state index contributed by atoms with van der Waals surface area (Å²) in [5.74, 6) is -0.200. The fraction of sp³-hybridized carbons (Fsp3) is 0. The van der Waals surface area contributed by atoms with Gasteiger partial charge in [-0.3, -0.25) is 9.20 Å². The average molecular weight is 268 g/mol. The van der Waals surface area contributed by atoms with Gasteiger partial charge in [0.1, 0.15) is 5.69 Å². The predicted molar refractivity (Wildman–Crippen MR) is 72.2 cm³/mol. The van der Waals surface area contributed by atoms with E-state index in [0.717, 1.165) is 4.96 Å². The van der Waals surface area contributed by atoms with Gasteiger partial charge in [0, 0.05) is 23.5 Å². The van der Waals surface area contributed by atoms with E-state index in [2.05, 4.69) is 10.3 Å². The maximum Gasteiger partial charge on any atom is 0.273 e. The van der Waals surface area contributed by atoms with Crippen LogP contribution in [0, 0.1) is 11.3 Å². The van der Waals surface area contributed by atoms with Gasteiger partial charge >= 0.3 is 0 Å². The molecule has 1 N–H and O–H groups in total. The normalized spacial score (nSPS) is 10.3. The van der Waals surface area contributed by atoms with Crippen LogP contribution in [0.2, 0.25) is 0 Å². The van der Waals surface area contributed by atoms with E-state index in [0.29, 0.717) is 16.9 Å². The summed E-state index contributed by atoms with van der Waals surface area (Å²) in [5, 5.41) is 13.3. The number of hydrogen-bond acceptors (Lipinski definition) is 4. The minimum atomic E-state index is -0.200. The number of imidazole rings is 1. The molecule has 0 aliphatic carbocycles. The molecule has 19 heavy (non-hydrogen) atoms. The first-order valence-electron chi connectivity index (χ1n) is 5.50. The highest BCUT2D eigenvalue weighted by molar-refractivity contribution is 7.15. The molecular weight excluding hydrogens is 260 g/mol. The van der Waals surface area contributed by atoms with Crippen molar-refractivity contribution in [1.82, 2.24) is 9.38 Å². The Morgan fingerprint density at radius 1 is 1.37 bits per heavy atom. The summed E-state index contributed by atoms with van der Waals surface area (Å²) in [6.07, 6.45) is 3.41. The third kappa shape index (κ3) is 2.07. The lowest BCUT2D eigenvalue weighted by Gasteiger charge is -2.04. The molecule has 3 rings (SSSR count). The van der Waals surface area contributed by atoms with Crippen molar-refractivity contribution < 1.29 is 4.79 Å². The number of thiazole rings is 1. The van der Waals surface area contributed by atoms with Crippen molar-refractivity contribution in [3.63, 3.8) is 0 Å². The predicted octanol–water partition coefficient (Wildman–Crippen LogP) is 2.52. The van der Waals surface area contributed by atoms with Gasteiger partial charge in [-0.25, -0.2) is 4.98 Å². The van der Waals surface area contributed by atoms with E-state index in [1.165, 1.54) is 11.3 Å². The lowest BCUT2D eigenvalue weighted by atomic mass is 10.2. The molecule has 0 saturated carbocycles. The van der Waals surface area contributed by atoms with Crippen LogP contribution in [0.3, 0.4) is 0 Å². The Labute approximate surface area is 112 Å². The average Bonchev–Trinajstić information content (AvgIpc) is 3.01. The van der Waals surface area contributed by atoms with Crippen LogP contribution in [0.15, 0.2) is 42.0 Å². The van der Waals surface area contributed by atoms with Crippen molar-refractivity contribution in [2.24, 2.45) is 0 Å². The molecule has 2 aromatic heterocycles. The molecule has 6 heteroatoms. The topological polar surface area (TPSA) is 70.2 Å². The monoisotopic (exact) mass is 268 g/mol. The van der Waals surface area contributed by atoms with Gasteiger partial charge in [0.05, 0.1) is 11.6 Å². The van der Waals surface area contributed by atoms with E-state index in [9.17, 15) is 4.79 Å². The van der Waals surface area contributed by atoms with Crippen LogP contribution in [0.4, 0.5) is 5.69 Å². The zero-order valence-electron chi connectivity index (χ0n) is 9.70. The number of nitrogens with zero attached hydrogens (tertiary/aromatic N) is 3. The maximum atomic E-state index is 12.1. The molecule has 0 aliphatic heterocycles. The zero-order valence-corrected chi connectivity index (χ0v) is 10.5. The second kappa shape index (κ2) is 4.55. The van der Waals surface area contributed by atoms with Crippen LogP contribution in [0.25, 0.3) is 4.96 Å². The maximum absolute atomic E-state index is 12.1. The summed E-state index contributed by atoms with van der Waals surface area (Å²) >= 11 is 1.41. The highest BCUT2D eigenvalue weighted by Crippen LogP contribution is 2.16. The first-order chi connectivity index (χ1) is 9.28. The Hall–Kier alpha value is -2.65. The van der Waals surface area contributed by atoms with Crippen molar-refractivity contribution >= 4 is 27.9 Å². The molecule has 0 aliphatic rings. The molecule has 0 unspecified atom stereocenters. The highest BCUT2D eigenvalue weighted by atomic mass is 32.1. The Morgan fingerprint density at radius 2 is 2.16 bits per heavy atom. The standard InChI is InChI=1S/C13H8N4OS/c14-7-9-1-3-10(4-2-9)16-12(18)11-8-19-13-15-5-6-17(11)13/h1-6,8H,(H,16,18). The van der Waals surface area contributed by atoms with Crippen LogP contribution in [-0.2, 0) is 0 Å². The van der Waals surface area contributed by atoms with Crippen molar-refractivity contribution in [1.29, 1.82) is 5.26 Å². The van der Waals surface area contributed by atoms with E-state index < -0.39 is 0 Å². The number of nitriles is 1. The molecule has 3 aromatic rings. The summed E-state index contributed by atoms with van der Waals surface area (Å²) in [6.45, 7) is 0. The van der Waals surface area contributed by atoms with Gasteiger partial charge in [-0.05, 0) is 24.3 Å². The SMILES string of the molecule is N#Cc1ccc(NC(=O)c2csc3nccn23)cc1. The molecular formula is C13H8N4OS. The molecule has 0 fully saturated rings. The number of hydrogen-bond donors (Lipinski definition) is 1. The number of aromatic nitrogens is 2. The highest BCUT2D eigenvalue weighted by Gasteiger charge is 2.12. The van der Waals surface area contributed by atoms with Crippen molar-refractivity contribution in [3.05, 3.63) is 53.3 Å². The summed E-state index contributed by atoms with van der Waals surface area (Å²) in [7, 11) is 0. The number of anilines is 1. The van der Waals surface area contributed by atoms with Crippen molar-refractivity contribution in [3.8, 4) is 6.07 Å². The van der Waals surface area contributed by atoms with Crippen LogP contribution in [-0.4, -0.2) is 15.3 Å². The third-order valence-electron chi connectivity index (χ3n) is 2.65. The van der Waals surface area contributed by atoms with Gasteiger partial charge in [0.2, 0.25) is 0 Å². The first-order valence-corrected chi connectivity index (χ1v) is 6.38. The Morgan fingerprint density at radius 3 is 2.89 bits per heavy atom. The van der Waals surface area contributed by atoms with E-state index in [1.54, 1.807) is 46.4 Å². The Balaban J connectivity index is 1.85. The Bertz CT molecular complexity index is 779. The largest absolute Gasteiger partial charge is 0.321 e. The summed E-state index contributed by atoms with van der Waals surface area (Å²) in [4.78, 5) is 17.0. The fourth-order valence-electron chi connectivity index (χ4n) is 1.71. The second-order valence-electron chi connectivity index (χ2n) is 3.84. The van der Waals surface area contributed by atoms with Crippen molar-refractivity contribution in [2.45, 2.75) is 0 Å². The smallest absolute Gasteiger partial charge is 0.273 e. The minimum absolute atomic E-state index is 0.200. The molecule has 0 radical (unpaired) electrons. The molecule has 1 aromatic carbocycles. The number of fused-ring (bicyclic) bond motifs is 1. The van der Waals surface area contributed by atoms with Crippen molar-refractivity contribution in [2.75, 3.05) is 5.32 Å². The van der Waals surface area contributed by atoms with Gasteiger partial charge in [0.25, 0.3) is 5.91 Å². The quantitative estimate of drug-likeness (QED) is 0.776. The zero-order chi connectivity index (χ0) is 13.2. The van der Waals surface area contributed by atoms with Crippen LogP contribution in [0.5, 0.6) is 0 Å². The first kappa shape index (κ1) is 11.4. The summed E-state index contributed by atoms with van der Waals surface area (Å²) < 4.78 is 1.74. The molecule has 2 heterocycles. The summed E-state index contributed by atoms with van der Waals surface area (Å²) in [5.41, 5.74) is 1.76. The fourth-order valence-corrected chi connectivity index (χ4v) is 2.54. The number of carbonyl (C=O) groups is 1. The third-order valence-corrected chi connectivity index (χ3v) is 3.50. The lowest BCUT2D eigenvalue weighted by molar-refractivity contribution is 0.102. The molecule has 0 saturated heterocycles. The molecule has 1 amide bonds. The van der Waals surface area contributed by atoms with Crippen LogP contribution in [0.1, 0.15) is 16.1 Å². The number of carbonyl (C=O) groups excluding carboxylic acids is 1. The number of benzene rings is 1. The van der Waals surface area contributed by atoms with Gasteiger partial charge < -0.3 is 5.32 Å². The van der Waals surface area contributed by atoms with Crippen LogP contribution < -0.4 is 5.32 Å². The van der Waals surface area contributed by atoms with Crippen LogP contribution >= 0.6 is 11.3 Å². The van der Waals surface area contributed by atoms with Gasteiger partial charge in [-0.2, -0.15) is 5.26 Å². The second-order valence-corrected chi connectivity index (χ2v) is 4.68. The minimum Gasteiger partial charge on any atom is -0.321 e. The summed E-state index contributed by atoms with van der Waals surface area (Å²) in [6, 6.07) is 8.76. The van der Waals surface area contributed by atoms with Gasteiger partial charge in [0.15, 0.2) is 4.96 Å². The van der Waals surface area contributed by atoms with Gasteiger partial charge in [-0.15, -0.1) is 11.3 Å².